The summed E-state index contributed by atoms with van der Waals surface area (Å²) in [6, 6.07) is 6.49. The van der Waals surface area contributed by atoms with E-state index in [1.54, 1.807) is 0 Å². The van der Waals surface area contributed by atoms with Gasteiger partial charge in [-0.2, -0.15) is 0 Å². The van der Waals surface area contributed by atoms with Crippen molar-refractivity contribution in [3.8, 4) is 0 Å². The predicted octanol–water partition coefficient (Wildman–Crippen LogP) is 1.14. The lowest BCUT2D eigenvalue weighted by atomic mass is 9.79. The Hall–Kier alpha value is -1.62. The molecule has 0 bridgehead atoms. The number of nitrogens with zero attached hydrogens (tertiary/aromatic N) is 1. The molecule has 0 amide bonds. The van der Waals surface area contributed by atoms with Crippen molar-refractivity contribution in [2.75, 3.05) is 20.2 Å². The van der Waals surface area contributed by atoms with E-state index < -0.39 is 5.60 Å². The molecular formula is C16H18N2O2. The van der Waals surface area contributed by atoms with Gasteiger partial charge in [0.2, 0.25) is 0 Å². The van der Waals surface area contributed by atoms with E-state index >= 15 is 0 Å². The molecule has 1 aromatic carbocycles. The van der Waals surface area contributed by atoms with E-state index in [-0.39, 0.29) is 12.6 Å². The molecule has 104 valence electrons. The maximum atomic E-state index is 10.5. The lowest BCUT2D eigenvalue weighted by Crippen LogP contribution is -2.52. The molecule has 0 spiro atoms. The molecule has 0 saturated carbocycles. The van der Waals surface area contributed by atoms with Gasteiger partial charge in [0.05, 0.1) is 6.61 Å². The smallest absolute Gasteiger partial charge is 0.119 e. The Kier molecular flexibility index (Phi) is 2.40. The van der Waals surface area contributed by atoms with Crippen LogP contribution in [0.4, 0.5) is 0 Å². The maximum Gasteiger partial charge on any atom is 0.119 e. The van der Waals surface area contributed by atoms with E-state index in [0.717, 1.165) is 17.5 Å². The monoisotopic (exact) mass is 270 g/mol. The first-order valence-corrected chi connectivity index (χ1v) is 6.97. The number of aromatic nitrogens is 1. The fourth-order valence-corrected chi connectivity index (χ4v) is 3.69. The molecule has 0 unspecified atom stereocenters. The number of H-pyrrole nitrogens is 1. The number of rotatable bonds is 1. The Balaban J connectivity index is 1.99. The van der Waals surface area contributed by atoms with Crippen molar-refractivity contribution in [1.29, 1.82) is 0 Å². The second-order valence-electron chi connectivity index (χ2n) is 6.04. The number of fused-ring (bicyclic) bond motifs is 2. The molecule has 4 nitrogen and oxygen atoms in total. The molecular weight excluding hydrogens is 252 g/mol. The number of aromatic amines is 1. The Labute approximate surface area is 117 Å². The van der Waals surface area contributed by atoms with Gasteiger partial charge in [0.1, 0.15) is 5.60 Å². The Morgan fingerprint density at radius 3 is 3.10 bits per heavy atom. The average molecular weight is 270 g/mol. The second-order valence-corrected chi connectivity index (χ2v) is 6.04. The predicted molar refractivity (Wildman–Crippen MR) is 78.4 cm³/mol. The van der Waals surface area contributed by atoms with Crippen LogP contribution in [0.15, 0.2) is 30.5 Å². The molecule has 20 heavy (non-hydrogen) atoms. The normalized spacial score (nSPS) is 29.4. The van der Waals surface area contributed by atoms with Gasteiger partial charge in [0, 0.05) is 29.7 Å². The minimum atomic E-state index is -1.14. The Morgan fingerprint density at radius 1 is 1.45 bits per heavy atom. The van der Waals surface area contributed by atoms with Crippen LogP contribution in [0.3, 0.4) is 0 Å². The van der Waals surface area contributed by atoms with Gasteiger partial charge in [-0.1, -0.05) is 12.1 Å². The molecule has 3 N–H and O–H groups in total. The van der Waals surface area contributed by atoms with Crippen molar-refractivity contribution in [1.82, 2.24) is 9.88 Å². The lowest BCUT2D eigenvalue weighted by molar-refractivity contribution is -0.00780. The third kappa shape index (κ3) is 1.53. The molecule has 2 aliphatic rings. The van der Waals surface area contributed by atoms with Crippen molar-refractivity contribution >= 4 is 16.5 Å². The van der Waals surface area contributed by atoms with Gasteiger partial charge in [-0.3, -0.25) is 4.90 Å². The number of nitrogens with one attached hydrogen (secondary N) is 1. The summed E-state index contributed by atoms with van der Waals surface area (Å²) < 4.78 is 0. The van der Waals surface area contributed by atoms with Gasteiger partial charge in [0.15, 0.2) is 0 Å². The molecule has 4 rings (SSSR count). The zero-order chi connectivity index (χ0) is 13.9. The highest BCUT2D eigenvalue weighted by Crippen LogP contribution is 2.41. The van der Waals surface area contributed by atoms with Gasteiger partial charge < -0.3 is 15.2 Å². The number of hydrogen-bond acceptors (Lipinski definition) is 3. The SMILES string of the molecule is CN1C[C@@](O)(CO)C=C2c3cccc4[nH]cc(c34)C[C@H]21. The quantitative estimate of drug-likeness (QED) is 0.728. The van der Waals surface area contributed by atoms with Crippen LogP contribution in [-0.4, -0.2) is 51.9 Å². The maximum absolute atomic E-state index is 10.5. The zero-order valence-corrected chi connectivity index (χ0v) is 11.4. The summed E-state index contributed by atoms with van der Waals surface area (Å²) in [4.78, 5) is 5.46. The average Bonchev–Trinajstić information content (AvgIpc) is 2.85. The number of β-amino-alcohol motifs (C(OH)–C–C–N with tert-alkyl or cyclic N) is 1. The standard InChI is InChI=1S/C16H18N2O2/c1-18-8-16(20,9-19)6-12-11-3-2-4-13-15(11)10(7-17-13)5-14(12)18/h2-4,6-7,14,17,19-20H,5,8-9H2,1H3/t14-,16-/m1/s1. The molecule has 4 heteroatoms. The van der Waals surface area contributed by atoms with Crippen LogP contribution < -0.4 is 0 Å². The van der Waals surface area contributed by atoms with Gasteiger partial charge in [-0.15, -0.1) is 0 Å². The van der Waals surface area contributed by atoms with Crippen LogP contribution in [0.1, 0.15) is 11.1 Å². The molecule has 1 aromatic heterocycles. The van der Waals surface area contributed by atoms with Crippen LogP contribution in [0, 0.1) is 0 Å². The van der Waals surface area contributed by atoms with Crippen LogP contribution >= 0.6 is 0 Å². The number of aliphatic hydroxyl groups excluding tert-OH is 1. The summed E-state index contributed by atoms with van der Waals surface area (Å²) in [5.41, 5.74) is 3.63. The van der Waals surface area contributed by atoms with E-state index in [2.05, 4.69) is 28.2 Å². The molecule has 2 heterocycles. The van der Waals surface area contributed by atoms with Crippen molar-refractivity contribution in [3.05, 3.63) is 41.6 Å². The van der Waals surface area contributed by atoms with Gasteiger partial charge in [-0.05, 0) is 42.3 Å². The number of hydrogen-bond donors (Lipinski definition) is 3. The van der Waals surface area contributed by atoms with Crippen molar-refractivity contribution in [2.45, 2.75) is 18.1 Å². The highest BCUT2D eigenvalue weighted by Gasteiger charge is 2.39. The third-order valence-corrected chi connectivity index (χ3v) is 4.62. The van der Waals surface area contributed by atoms with Gasteiger partial charge >= 0.3 is 0 Å². The van der Waals surface area contributed by atoms with Crippen molar-refractivity contribution in [2.24, 2.45) is 0 Å². The molecule has 2 atom stereocenters. The minimum absolute atomic E-state index is 0.246. The number of benzene rings is 1. The van der Waals surface area contributed by atoms with Crippen LogP contribution in [-0.2, 0) is 6.42 Å². The second kappa shape index (κ2) is 3.95. The van der Waals surface area contributed by atoms with Crippen molar-refractivity contribution < 1.29 is 10.2 Å². The molecule has 2 aromatic rings. The molecule has 1 aliphatic carbocycles. The summed E-state index contributed by atoms with van der Waals surface area (Å²) in [5, 5.41) is 21.2. The summed E-state index contributed by atoms with van der Waals surface area (Å²) in [6.07, 6.45) is 4.90. The first-order chi connectivity index (χ1) is 9.61. The number of likely N-dealkylation sites (N-methyl/N-ethyl adjacent to an activating group) is 1. The van der Waals surface area contributed by atoms with Gasteiger partial charge in [-0.25, -0.2) is 0 Å². The highest BCUT2D eigenvalue weighted by atomic mass is 16.3. The van der Waals surface area contributed by atoms with Crippen LogP contribution in [0.5, 0.6) is 0 Å². The van der Waals surface area contributed by atoms with E-state index in [4.69, 9.17) is 0 Å². The third-order valence-electron chi connectivity index (χ3n) is 4.62. The van der Waals surface area contributed by atoms with E-state index in [1.807, 2.05) is 19.2 Å². The van der Waals surface area contributed by atoms with Crippen LogP contribution in [0.25, 0.3) is 16.5 Å². The first kappa shape index (κ1) is 12.1. The zero-order valence-electron chi connectivity index (χ0n) is 11.4. The Morgan fingerprint density at radius 2 is 2.30 bits per heavy atom. The highest BCUT2D eigenvalue weighted by molar-refractivity contribution is 5.98. The summed E-state index contributed by atoms with van der Waals surface area (Å²) >= 11 is 0. The Bertz CT molecular complexity index is 718. The fraction of sp³-hybridized carbons (Fsp3) is 0.375. The summed E-state index contributed by atoms with van der Waals surface area (Å²) in [6.45, 7) is 0.219. The molecule has 1 aliphatic heterocycles. The lowest BCUT2D eigenvalue weighted by Gasteiger charge is -2.42. The van der Waals surface area contributed by atoms with Gasteiger partial charge in [0.25, 0.3) is 0 Å². The molecule has 0 radical (unpaired) electrons. The fourth-order valence-electron chi connectivity index (χ4n) is 3.69. The summed E-state index contributed by atoms with van der Waals surface area (Å²) in [7, 11) is 2.01. The van der Waals surface area contributed by atoms with E-state index in [9.17, 15) is 10.2 Å². The summed E-state index contributed by atoms with van der Waals surface area (Å²) in [5.74, 6) is 0. The number of aliphatic hydroxyl groups is 2. The van der Waals surface area contributed by atoms with Crippen molar-refractivity contribution in [3.63, 3.8) is 0 Å². The minimum Gasteiger partial charge on any atom is -0.393 e. The van der Waals surface area contributed by atoms with E-state index in [0.29, 0.717) is 6.54 Å². The van der Waals surface area contributed by atoms with E-state index in [1.165, 1.54) is 16.5 Å². The molecule has 0 saturated heterocycles. The van der Waals surface area contributed by atoms with Crippen LogP contribution in [0.2, 0.25) is 0 Å². The largest absolute Gasteiger partial charge is 0.393 e. The molecule has 0 fully saturated rings. The first-order valence-electron chi connectivity index (χ1n) is 6.97. The topological polar surface area (TPSA) is 59.5 Å².